The van der Waals surface area contributed by atoms with Crippen LogP contribution in [-0.4, -0.2) is 35.0 Å². The summed E-state index contributed by atoms with van der Waals surface area (Å²) in [6.45, 7) is 0.429. The Labute approximate surface area is 207 Å². The molecule has 0 fully saturated rings. The number of hydrogen-bond acceptors (Lipinski definition) is 4. The van der Waals surface area contributed by atoms with E-state index in [-0.39, 0.29) is 25.3 Å². The Morgan fingerprint density at radius 1 is 1.03 bits per heavy atom. The van der Waals surface area contributed by atoms with Gasteiger partial charge in [-0.15, -0.1) is 0 Å². The molecule has 176 valence electrons. The van der Waals surface area contributed by atoms with Crippen molar-refractivity contribution < 1.29 is 24.2 Å². The van der Waals surface area contributed by atoms with E-state index in [2.05, 4.69) is 0 Å². The van der Waals surface area contributed by atoms with E-state index >= 15 is 0 Å². The summed E-state index contributed by atoms with van der Waals surface area (Å²) in [6.07, 6.45) is -0.000870. The minimum absolute atomic E-state index is 0.0913. The van der Waals surface area contributed by atoms with Gasteiger partial charge in [-0.05, 0) is 34.9 Å². The predicted molar refractivity (Wildman–Crippen MR) is 130 cm³/mol. The van der Waals surface area contributed by atoms with E-state index in [1.807, 2.05) is 36.4 Å². The van der Waals surface area contributed by atoms with Crippen molar-refractivity contribution in [3.8, 4) is 11.5 Å². The summed E-state index contributed by atoms with van der Waals surface area (Å²) in [5, 5.41) is 10.7. The van der Waals surface area contributed by atoms with Crippen molar-refractivity contribution in [3.63, 3.8) is 0 Å². The molecule has 8 heteroatoms. The number of benzene rings is 3. The Kier molecular flexibility index (Phi) is 7.29. The average molecular weight is 500 g/mol. The first-order valence-corrected chi connectivity index (χ1v) is 11.4. The van der Waals surface area contributed by atoms with Crippen LogP contribution in [0.15, 0.2) is 60.7 Å². The molecule has 0 bridgehead atoms. The molecule has 0 aromatic heterocycles. The van der Waals surface area contributed by atoms with Gasteiger partial charge in [-0.3, -0.25) is 4.79 Å². The van der Waals surface area contributed by atoms with Gasteiger partial charge in [-0.25, -0.2) is 4.79 Å². The molecule has 1 unspecified atom stereocenters. The molecule has 34 heavy (non-hydrogen) atoms. The Hall–Kier alpha value is -3.22. The maximum Gasteiger partial charge on any atom is 0.326 e. The summed E-state index contributed by atoms with van der Waals surface area (Å²) in [5.41, 5.74) is 2.98. The van der Waals surface area contributed by atoms with Gasteiger partial charge in [-0.2, -0.15) is 0 Å². The predicted octanol–water partition coefficient (Wildman–Crippen LogP) is 5.16. The van der Waals surface area contributed by atoms with E-state index in [4.69, 9.17) is 32.7 Å². The zero-order valence-electron chi connectivity index (χ0n) is 18.5. The summed E-state index contributed by atoms with van der Waals surface area (Å²) in [7, 11) is 1.54. The first-order chi connectivity index (χ1) is 16.4. The van der Waals surface area contributed by atoms with Crippen LogP contribution in [0.1, 0.15) is 22.3 Å². The third kappa shape index (κ3) is 4.98. The highest BCUT2D eigenvalue weighted by atomic mass is 35.5. The number of aliphatic carboxylic acids is 1. The molecule has 0 saturated carbocycles. The zero-order valence-corrected chi connectivity index (χ0v) is 20.0. The lowest BCUT2D eigenvalue weighted by atomic mass is 9.92. The number of fused-ring (bicyclic) bond motifs is 1. The van der Waals surface area contributed by atoms with Crippen molar-refractivity contribution in [1.82, 2.24) is 4.90 Å². The highest BCUT2D eigenvalue weighted by molar-refractivity contribution is 6.36. The third-order valence-electron chi connectivity index (χ3n) is 5.88. The normalized spacial score (nSPS) is 14.9. The monoisotopic (exact) mass is 499 g/mol. The van der Waals surface area contributed by atoms with E-state index in [1.165, 1.54) is 12.0 Å². The number of halogens is 2. The number of carbonyl (C=O) groups excluding carboxylic acids is 1. The number of hydrogen-bond donors (Lipinski definition) is 1. The molecule has 1 aliphatic heterocycles. The summed E-state index contributed by atoms with van der Waals surface area (Å²) in [5.74, 6) is -0.450. The molecule has 6 nitrogen and oxygen atoms in total. The van der Waals surface area contributed by atoms with Crippen LogP contribution < -0.4 is 9.47 Å². The van der Waals surface area contributed by atoms with Gasteiger partial charge in [0, 0.05) is 28.6 Å². The van der Waals surface area contributed by atoms with Crippen molar-refractivity contribution >= 4 is 35.1 Å². The summed E-state index contributed by atoms with van der Waals surface area (Å²) < 4.78 is 11.6. The second-order valence-electron chi connectivity index (χ2n) is 7.97. The Balaban J connectivity index is 1.64. The maximum atomic E-state index is 13.2. The van der Waals surface area contributed by atoms with Gasteiger partial charge in [-0.1, -0.05) is 65.7 Å². The molecular weight excluding hydrogens is 477 g/mol. The maximum absolute atomic E-state index is 13.2. The molecule has 0 radical (unpaired) electrons. The lowest BCUT2D eigenvalue weighted by Gasteiger charge is -2.35. The molecule has 3 aromatic rings. The Morgan fingerprint density at radius 2 is 1.74 bits per heavy atom. The van der Waals surface area contributed by atoms with Crippen LogP contribution in [0.4, 0.5) is 0 Å². The molecule has 0 spiro atoms. The van der Waals surface area contributed by atoms with Crippen LogP contribution in [0, 0.1) is 0 Å². The number of methoxy groups -OCH3 is 1. The second-order valence-corrected chi connectivity index (χ2v) is 8.78. The average Bonchev–Trinajstić information content (AvgIpc) is 2.84. The molecule has 1 N–H and O–H groups in total. The Bertz CT molecular complexity index is 1200. The molecule has 0 saturated heterocycles. The van der Waals surface area contributed by atoms with Gasteiger partial charge >= 0.3 is 5.97 Å². The van der Waals surface area contributed by atoms with Crippen molar-refractivity contribution in [3.05, 3.63) is 93.0 Å². The largest absolute Gasteiger partial charge is 0.493 e. The van der Waals surface area contributed by atoms with Crippen LogP contribution in [-0.2, 0) is 35.6 Å². The van der Waals surface area contributed by atoms with Gasteiger partial charge in [0.1, 0.15) is 12.6 Å². The summed E-state index contributed by atoms with van der Waals surface area (Å²) >= 11 is 12.5. The summed E-state index contributed by atoms with van der Waals surface area (Å²) in [4.78, 5) is 26.8. The van der Waals surface area contributed by atoms with Crippen LogP contribution in [0.25, 0.3) is 0 Å². The number of rotatable bonds is 7. The Morgan fingerprint density at radius 3 is 2.38 bits per heavy atom. The van der Waals surface area contributed by atoms with E-state index < -0.39 is 12.0 Å². The van der Waals surface area contributed by atoms with Crippen molar-refractivity contribution in [1.29, 1.82) is 0 Å². The molecule has 1 atom stereocenters. The first kappa shape index (κ1) is 23.9. The minimum atomic E-state index is -1.10. The molecule has 4 rings (SSSR count). The second kappa shape index (κ2) is 10.4. The fraction of sp³-hybridized carbons (Fsp3) is 0.231. The number of carbonyl (C=O) groups is 2. The lowest BCUT2D eigenvalue weighted by molar-refractivity contribution is -0.151. The third-order valence-corrected chi connectivity index (χ3v) is 6.59. The molecule has 1 amide bonds. The highest BCUT2D eigenvalue weighted by Gasteiger charge is 2.37. The number of carboxylic acid groups (broad SMARTS) is 1. The molecule has 0 aliphatic carbocycles. The van der Waals surface area contributed by atoms with E-state index in [0.717, 1.165) is 16.7 Å². The van der Waals surface area contributed by atoms with Crippen molar-refractivity contribution in [2.45, 2.75) is 32.0 Å². The summed E-state index contributed by atoms with van der Waals surface area (Å²) in [6, 6.07) is 17.2. The van der Waals surface area contributed by atoms with Gasteiger partial charge in [0.15, 0.2) is 11.5 Å². The standard InChI is InChI=1S/C26H23Cl2NO5/c1-33-23-11-10-17-14-29(24(30)13-19-20(27)8-5-9-21(19)28)22(26(31)32)12-18(17)25(23)34-15-16-6-3-2-4-7-16/h2-11,22H,12-15H2,1H3,(H,31,32). The fourth-order valence-corrected chi connectivity index (χ4v) is 4.63. The molecule has 1 heterocycles. The van der Waals surface area contributed by atoms with Crippen LogP contribution >= 0.6 is 23.2 Å². The number of amides is 1. The SMILES string of the molecule is COc1ccc2c(c1OCc1ccccc1)CC(C(=O)O)N(C(=O)Cc1c(Cl)cccc1Cl)C2. The smallest absolute Gasteiger partial charge is 0.326 e. The van der Waals surface area contributed by atoms with E-state index in [1.54, 1.807) is 24.3 Å². The topological polar surface area (TPSA) is 76.1 Å². The lowest BCUT2D eigenvalue weighted by Crippen LogP contribution is -2.49. The van der Waals surface area contributed by atoms with E-state index in [0.29, 0.717) is 33.7 Å². The quantitative estimate of drug-likeness (QED) is 0.485. The van der Waals surface area contributed by atoms with Crippen LogP contribution in [0.2, 0.25) is 10.0 Å². The van der Waals surface area contributed by atoms with E-state index in [9.17, 15) is 14.7 Å². The zero-order chi connectivity index (χ0) is 24.2. The van der Waals surface area contributed by atoms with Crippen LogP contribution in [0.5, 0.6) is 11.5 Å². The van der Waals surface area contributed by atoms with Crippen molar-refractivity contribution in [2.75, 3.05) is 7.11 Å². The van der Waals surface area contributed by atoms with Gasteiger partial charge < -0.3 is 19.5 Å². The highest BCUT2D eigenvalue weighted by Crippen LogP contribution is 2.39. The number of ether oxygens (including phenoxy) is 2. The van der Waals surface area contributed by atoms with Gasteiger partial charge in [0.2, 0.25) is 5.91 Å². The molecule has 1 aliphatic rings. The van der Waals surface area contributed by atoms with Crippen LogP contribution in [0.3, 0.4) is 0 Å². The first-order valence-electron chi connectivity index (χ1n) is 10.7. The molecular formula is C26H23Cl2NO5. The minimum Gasteiger partial charge on any atom is -0.493 e. The fourth-order valence-electron chi connectivity index (χ4n) is 4.10. The number of nitrogens with zero attached hydrogens (tertiary/aromatic N) is 1. The van der Waals surface area contributed by atoms with Crippen molar-refractivity contribution in [2.24, 2.45) is 0 Å². The molecule has 3 aromatic carbocycles. The number of carboxylic acids is 1. The van der Waals surface area contributed by atoms with Gasteiger partial charge in [0.05, 0.1) is 13.5 Å². The van der Waals surface area contributed by atoms with Gasteiger partial charge in [0.25, 0.3) is 0 Å².